The van der Waals surface area contributed by atoms with Crippen LogP contribution in [0, 0.1) is 0 Å². The predicted octanol–water partition coefficient (Wildman–Crippen LogP) is 4.12. The van der Waals surface area contributed by atoms with Crippen LogP contribution in [0.2, 0.25) is 0 Å². The molecule has 0 unspecified atom stereocenters. The quantitative estimate of drug-likeness (QED) is 0.551. The molecule has 178 valence electrons. The Hall–Kier alpha value is -2.65. The number of methoxy groups -OCH3 is 1. The molecule has 0 aliphatic carbocycles. The number of alkyl halides is 2. The molecule has 2 aromatic carbocycles. The van der Waals surface area contributed by atoms with Crippen molar-refractivity contribution < 1.29 is 23.1 Å². The molecular formula is C24H29F2N3O3S. The van der Waals surface area contributed by atoms with Crippen LogP contribution in [0.25, 0.3) is 0 Å². The lowest BCUT2D eigenvalue weighted by Gasteiger charge is -2.22. The lowest BCUT2D eigenvalue weighted by atomic mass is 10.1. The van der Waals surface area contributed by atoms with E-state index in [-0.39, 0.29) is 18.4 Å². The van der Waals surface area contributed by atoms with Crippen LogP contribution in [0.1, 0.15) is 18.4 Å². The molecule has 0 saturated carbocycles. The van der Waals surface area contributed by atoms with E-state index in [1.54, 1.807) is 31.4 Å². The predicted molar refractivity (Wildman–Crippen MR) is 126 cm³/mol. The van der Waals surface area contributed by atoms with Crippen LogP contribution in [0.5, 0.6) is 5.75 Å². The summed E-state index contributed by atoms with van der Waals surface area (Å²) in [5.74, 6) is -1.91. The number of ether oxygens (including phenoxy) is 1. The number of hydrogen-bond acceptors (Lipinski definition) is 5. The van der Waals surface area contributed by atoms with Gasteiger partial charge in [0.15, 0.2) is 0 Å². The Morgan fingerprint density at radius 3 is 2.55 bits per heavy atom. The van der Waals surface area contributed by atoms with Gasteiger partial charge in [-0.1, -0.05) is 36.0 Å². The van der Waals surface area contributed by atoms with E-state index in [1.807, 2.05) is 34.1 Å². The summed E-state index contributed by atoms with van der Waals surface area (Å²) in [5, 5.41) is 2.74. The molecule has 1 heterocycles. The maximum absolute atomic E-state index is 12.7. The summed E-state index contributed by atoms with van der Waals surface area (Å²) in [6, 6.07) is 14.3. The second-order valence-corrected chi connectivity index (χ2v) is 8.81. The molecular weight excluding hydrogens is 448 g/mol. The first-order valence-corrected chi connectivity index (χ1v) is 11.8. The Morgan fingerprint density at radius 2 is 1.82 bits per heavy atom. The lowest BCUT2D eigenvalue weighted by Crippen LogP contribution is -2.38. The number of carbonyl (C=O) groups is 2. The van der Waals surface area contributed by atoms with Gasteiger partial charge in [0, 0.05) is 37.5 Å². The third-order valence-corrected chi connectivity index (χ3v) is 6.26. The maximum atomic E-state index is 12.7. The number of halogens is 2. The molecule has 0 spiro atoms. The van der Waals surface area contributed by atoms with Crippen molar-refractivity contribution in [2.75, 3.05) is 45.2 Å². The van der Waals surface area contributed by atoms with Crippen molar-refractivity contribution >= 4 is 29.3 Å². The third kappa shape index (κ3) is 8.01. The van der Waals surface area contributed by atoms with E-state index in [1.165, 1.54) is 0 Å². The number of anilines is 1. The molecule has 2 aromatic rings. The van der Waals surface area contributed by atoms with E-state index in [0.717, 1.165) is 17.7 Å². The number of amides is 2. The molecule has 3 rings (SSSR count). The van der Waals surface area contributed by atoms with Crippen molar-refractivity contribution in [2.24, 2.45) is 0 Å². The summed E-state index contributed by atoms with van der Waals surface area (Å²) >= 11 is 0.413. The van der Waals surface area contributed by atoms with Crippen LogP contribution in [0.4, 0.5) is 14.5 Å². The number of benzene rings is 2. The number of hydrogen-bond donors (Lipinski definition) is 1. The van der Waals surface area contributed by atoms with Gasteiger partial charge in [0.25, 0.3) is 5.76 Å². The van der Waals surface area contributed by atoms with Gasteiger partial charge in [0.1, 0.15) is 5.75 Å². The topological polar surface area (TPSA) is 61.9 Å². The molecule has 1 N–H and O–H groups in total. The van der Waals surface area contributed by atoms with E-state index in [0.29, 0.717) is 61.4 Å². The number of nitrogens with one attached hydrogen (secondary N) is 1. The summed E-state index contributed by atoms with van der Waals surface area (Å²) in [6.45, 7) is 2.67. The van der Waals surface area contributed by atoms with Crippen LogP contribution >= 0.6 is 11.8 Å². The van der Waals surface area contributed by atoms with E-state index >= 15 is 0 Å². The number of nitrogens with zero attached hydrogens (tertiary/aromatic N) is 2. The number of aryl methyl sites for hydroxylation is 1. The van der Waals surface area contributed by atoms with Gasteiger partial charge in [0.2, 0.25) is 11.8 Å². The van der Waals surface area contributed by atoms with Crippen molar-refractivity contribution in [3.8, 4) is 5.75 Å². The highest BCUT2D eigenvalue weighted by molar-refractivity contribution is 7.99. The van der Waals surface area contributed by atoms with Gasteiger partial charge >= 0.3 is 0 Å². The average Bonchev–Trinajstić information content (AvgIpc) is 3.04. The Labute approximate surface area is 197 Å². The molecule has 2 amide bonds. The zero-order valence-corrected chi connectivity index (χ0v) is 19.5. The molecule has 1 saturated heterocycles. The maximum Gasteiger partial charge on any atom is 0.288 e. The number of thioether (sulfide) groups is 1. The van der Waals surface area contributed by atoms with Gasteiger partial charge in [-0.2, -0.15) is 8.78 Å². The van der Waals surface area contributed by atoms with Crippen molar-refractivity contribution in [1.29, 1.82) is 0 Å². The van der Waals surface area contributed by atoms with Gasteiger partial charge in [-0.3, -0.25) is 14.5 Å². The molecule has 1 aliphatic rings. The van der Waals surface area contributed by atoms with Crippen LogP contribution in [-0.2, 0) is 16.0 Å². The van der Waals surface area contributed by atoms with E-state index in [2.05, 4.69) is 5.32 Å². The third-order valence-electron chi connectivity index (χ3n) is 5.47. The first-order chi connectivity index (χ1) is 15.9. The van der Waals surface area contributed by atoms with Crippen LogP contribution in [0.3, 0.4) is 0 Å². The monoisotopic (exact) mass is 477 g/mol. The lowest BCUT2D eigenvalue weighted by molar-refractivity contribution is -0.131. The van der Waals surface area contributed by atoms with Crippen LogP contribution < -0.4 is 10.1 Å². The SMILES string of the molecule is COc1ccc(CCC(=O)N2CCCN(CC(=O)Nc3ccccc3SC(F)F)CC2)cc1. The Bertz CT molecular complexity index is 927. The second-order valence-electron chi connectivity index (χ2n) is 7.78. The minimum Gasteiger partial charge on any atom is -0.497 e. The Balaban J connectivity index is 1.45. The minimum atomic E-state index is -2.55. The molecule has 0 bridgehead atoms. The van der Waals surface area contributed by atoms with Crippen molar-refractivity contribution in [3.63, 3.8) is 0 Å². The first kappa shape index (κ1) is 25.0. The zero-order chi connectivity index (χ0) is 23.6. The fourth-order valence-electron chi connectivity index (χ4n) is 3.74. The molecule has 33 heavy (non-hydrogen) atoms. The van der Waals surface area contributed by atoms with E-state index < -0.39 is 5.76 Å². The van der Waals surface area contributed by atoms with Crippen molar-refractivity contribution in [2.45, 2.75) is 29.9 Å². The highest BCUT2D eigenvalue weighted by Crippen LogP contribution is 2.31. The van der Waals surface area contributed by atoms with Gasteiger partial charge in [-0.15, -0.1) is 0 Å². The summed E-state index contributed by atoms with van der Waals surface area (Å²) in [4.78, 5) is 29.4. The summed E-state index contributed by atoms with van der Waals surface area (Å²) < 4.78 is 30.6. The van der Waals surface area contributed by atoms with Gasteiger partial charge < -0.3 is 15.0 Å². The Kier molecular flexibility index (Phi) is 9.50. The standard InChI is InChI=1S/C24H29F2N3O3S/c1-32-19-10-7-18(8-11-19)9-12-23(31)29-14-4-13-28(15-16-29)17-22(30)27-20-5-2-3-6-21(20)33-24(25)26/h2-3,5-8,10-11,24H,4,9,12-17H2,1H3,(H,27,30). The number of para-hydroxylation sites is 1. The van der Waals surface area contributed by atoms with Gasteiger partial charge in [-0.05, 0) is 42.7 Å². The van der Waals surface area contributed by atoms with E-state index in [9.17, 15) is 18.4 Å². The highest BCUT2D eigenvalue weighted by Gasteiger charge is 2.21. The number of rotatable bonds is 9. The molecule has 0 aromatic heterocycles. The van der Waals surface area contributed by atoms with Gasteiger partial charge in [-0.25, -0.2) is 0 Å². The van der Waals surface area contributed by atoms with E-state index in [4.69, 9.17) is 4.74 Å². The number of carbonyl (C=O) groups excluding carboxylic acids is 2. The zero-order valence-electron chi connectivity index (χ0n) is 18.6. The summed E-state index contributed by atoms with van der Waals surface area (Å²) in [5.41, 5.74) is 1.47. The highest BCUT2D eigenvalue weighted by atomic mass is 32.2. The molecule has 0 atom stereocenters. The fourth-order valence-corrected chi connectivity index (χ4v) is 4.34. The Morgan fingerprint density at radius 1 is 1.06 bits per heavy atom. The normalized spacial score (nSPS) is 14.7. The van der Waals surface area contributed by atoms with Gasteiger partial charge in [0.05, 0.1) is 19.3 Å². The smallest absolute Gasteiger partial charge is 0.288 e. The summed E-state index contributed by atoms with van der Waals surface area (Å²) in [6.07, 6.45) is 1.88. The average molecular weight is 478 g/mol. The molecule has 6 nitrogen and oxygen atoms in total. The summed E-state index contributed by atoms with van der Waals surface area (Å²) in [7, 11) is 1.62. The molecule has 9 heteroatoms. The molecule has 0 radical (unpaired) electrons. The fraction of sp³-hybridized carbons (Fsp3) is 0.417. The molecule has 1 fully saturated rings. The second kappa shape index (κ2) is 12.6. The van der Waals surface area contributed by atoms with Crippen LogP contribution in [-0.4, -0.2) is 67.2 Å². The van der Waals surface area contributed by atoms with Crippen LogP contribution in [0.15, 0.2) is 53.4 Å². The molecule has 1 aliphatic heterocycles. The first-order valence-electron chi connectivity index (χ1n) is 10.9. The van der Waals surface area contributed by atoms with Crippen molar-refractivity contribution in [3.05, 3.63) is 54.1 Å². The largest absolute Gasteiger partial charge is 0.497 e. The minimum absolute atomic E-state index is 0.107. The van der Waals surface area contributed by atoms with Crippen molar-refractivity contribution in [1.82, 2.24) is 9.80 Å².